The fraction of sp³-hybridized carbons (Fsp3) is 0.571. The first-order valence-electron chi connectivity index (χ1n) is 6.18. The molecule has 3 nitrogen and oxygen atoms in total. The lowest BCUT2D eigenvalue weighted by Gasteiger charge is -2.16. The molecular weight excluding hydrogens is 214 g/mol. The van der Waals surface area contributed by atoms with Gasteiger partial charge < -0.3 is 15.2 Å². The zero-order chi connectivity index (χ0) is 12.8. The van der Waals surface area contributed by atoms with Gasteiger partial charge in [-0.05, 0) is 49.9 Å². The number of hydrogen-bond donors (Lipinski definition) is 1. The Labute approximate surface area is 104 Å². The van der Waals surface area contributed by atoms with Crippen LogP contribution in [0.1, 0.15) is 31.4 Å². The van der Waals surface area contributed by atoms with Crippen molar-refractivity contribution in [3.63, 3.8) is 0 Å². The summed E-state index contributed by atoms with van der Waals surface area (Å²) >= 11 is 0. The monoisotopic (exact) mass is 237 g/mol. The molecule has 0 bridgehead atoms. The first-order chi connectivity index (χ1) is 8.12. The average Bonchev–Trinajstić information content (AvgIpc) is 2.33. The highest BCUT2D eigenvalue weighted by Crippen LogP contribution is 2.31. The summed E-state index contributed by atoms with van der Waals surface area (Å²) in [7, 11) is 1.66. The minimum atomic E-state index is 0.205. The summed E-state index contributed by atoms with van der Waals surface area (Å²) in [5.74, 6) is 1.59. The van der Waals surface area contributed by atoms with Crippen molar-refractivity contribution in [1.29, 1.82) is 0 Å². The molecule has 0 aromatic heterocycles. The van der Waals surface area contributed by atoms with E-state index in [0.29, 0.717) is 6.61 Å². The van der Waals surface area contributed by atoms with E-state index in [4.69, 9.17) is 15.2 Å². The maximum atomic E-state index is 6.00. The fourth-order valence-corrected chi connectivity index (χ4v) is 1.78. The van der Waals surface area contributed by atoms with Gasteiger partial charge >= 0.3 is 0 Å². The Morgan fingerprint density at radius 3 is 2.47 bits per heavy atom. The summed E-state index contributed by atoms with van der Waals surface area (Å²) in [4.78, 5) is 0. The van der Waals surface area contributed by atoms with E-state index in [1.807, 2.05) is 19.1 Å². The molecule has 0 saturated heterocycles. The van der Waals surface area contributed by atoms with Crippen molar-refractivity contribution in [1.82, 2.24) is 0 Å². The summed E-state index contributed by atoms with van der Waals surface area (Å²) in [6.07, 6.45) is 1.86. The number of ether oxygens (including phenoxy) is 2. The molecule has 1 unspecified atom stereocenters. The van der Waals surface area contributed by atoms with Gasteiger partial charge in [0, 0.05) is 6.04 Å². The normalized spacial score (nSPS) is 12.3. The van der Waals surface area contributed by atoms with Crippen LogP contribution in [0.2, 0.25) is 0 Å². The van der Waals surface area contributed by atoms with Crippen LogP contribution in [-0.4, -0.2) is 19.8 Å². The van der Waals surface area contributed by atoms with E-state index >= 15 is 0 Å². The van der Waals surface area contributed by atoms with Crippen LogP contribution >= 0.6 is 0 Å². The highest BCUT2D eigenvalue weighted by Gasteiger charge is 2.11. The quantitative estimate of drug-likeness (QED) is 0.827. The molecule has 1 aromatic carbocycles. The molecule has 0 aliphatic rings. The molecule has 0 radical (unpaired) electrons. The van der Waals surface area contributed by atoms with Gasteiger partial charge in [-0.1, -0.05) is 6.92 Å². The Balaban J connectivity index is 3.01. The first kappa shape index (κ1) is 13.8. The molecule has 17 heavy (non-hydrogen) atoms. The number of hydrogen-bond acceptors (Lipinski definition) is 3. The molecule has 0 saturated carbocycles. The molecule has 1 aromatic rings. The van der Waals surface area contributed by atoms with E-state index in [9.17, 15) is 0 Å². The summed E-state index contributed by atoms with van der Waals surface area (Å²) in [6, 6.07) is 4.27. The summed E-state index contributed by atoms with van der Waals surface area (Å²) in [5, 5.41) is 0. The number of methoxy groups -OCH3 is 1. The van der Waals surface area contributed by atoms with Crippen LogP contribution in [-0.2, 0) is 6.42 Å². The van der Waals surface area contributed by atoms with Gasteiger partial charge in [0.05, 0.1) is 13.7 Å². The molecule has 0 aliphatic carbocycles. The minimum absolute atomic E-state index is 0.205. The molecule has 1 atom stereocenters. The number of nitrogens with two attached hydrogens (primary N) is 1. The van der Waals surface area contributed by atoms with E-state index < -0.39 is 0 Å². The van der Waals surface area contributed by atoms with Crippen LogP contribution < -0.4 is 15.2 Å². The van der Waals surface area contributed by atoms with Crippen molar-refractivity contribution in [2.24, 2.45) is 5.73 Å². The van der Waals surface area contributed by atoms with Crippen molar-refractivity contribution >= 4 is 0 Å². The van der Waals surface area contributed by atoms with Crippen LogP contribution in [0, 0.1) is 6.92 Å². The lowest BCUT2D eigenvalue weighted by atomic mass is 9.99. The Morgan fingerprint density at radius 2 is 1.94 bits per heavy atom. The Bertz CT molecular complexity index is 363. The Hall–Kier alpha value is -1.22. The smallest absolute Gasteiger partial charge is 0.161 e. The largest absolute Gasteiger partial charge is 0.493 e. The molecule has 0 heterocycles. The number of rotatable bonds is 6. The van der Waals surface area contributed by atoms with Crippen LogP contribution in [0.4, 0.5) is 0 Å². The highest BCUT2D eigenvalue weighted by molar-refractivity contribution is 5.47. The average molecular weight is 237 g/mol. The predicted molar refractivity (Wildman–Crippen MR) is 70.9 cm³/mol. The molecule has 3 heteroatoms. The third-order valence-corrected chi connectivity index (χ3v) is 2.93. The van der Waals surface area contributed by atoms with Gasteiger partial charge in [-0.3, -0.25) is 0 Å². The molecule has 0 spiro atoms. The van der Waals surface area contributed by atoms with Crippen molar-refractivity contribution < 1.29 is 9.47 Å². The zero-order valence-corrected chi connectivity index (χ0v) is 11.2. The minimum Gasteiger partial charge on any atom is -0.493 e. The van der Waals surface area contributed by atoms with Gasteiger partial charge in [0.1, 0.15) is 0 Å². The van der Waals surface area contributed by atoms with Gasteiger partial charge in [0.15, 0.2) is 11.5 Å². The summed E-state index contributed by atoms with van der Waals surface area (Å²) in [5.41, 5.74) is 8.44. The van der Waals surface area contributed by atoms with Crippen LogP contribution in [0.25, 0.3) is 0 Å². The number of benzene rings is 1. The summed E-state index contributed by atoms with van der Waals surface area (Å²) < 4.78 is 10.9. The van der Waals surface area contributed by atoms with E-state index in [1.54, 1.807) is 7.11 Å². The molecular formula is C14H23NO2. The second-order valence-electron chi connectivity index (χ2n) is 4.24. The lowest BCUT2D eigenvalue weighted by Crippen LogP contribution is -2.21. The molecule has 0 amide bonds. The predicted octanol–water partition coefficient (Wildman–Crippen LogP) is 2.68. The van der Waals surface area contributed by atoms with E-state index in [-0.39, 0.29) is 6.04 Å². The van der Waals surface area contributed by atoms with Crippen molar-refractivity contribution in [3.05, 3.63) is 23.3 Å². The summed E-state index contributed by atoms with van der Waals surface area (Å²) in [6.45, 7) is 6.79. The van der Waals surface area contributed by atoms with Crippen molar-refractivity contribution in [2.75, 3.05) is 13.7 Å². The standard InChI is InChI=1S/C14H23NO2/c1-5-12(15)8-11-9-14(17-6-2)13(16-4)7-10(11)3/h7,9,12H,5-6,8,15H2,1-4H3. The van der Waals surface area contributed by atoms with Gasteiger partial charge in [0.2, 0.25) is 0 Å². The van der Waals surface area contributed by atoms with Gasteiger partial charge in [-0.25, -0.2) is 0 Å². The van der Waals surface area contributed by atoms with Crippen molar-refractivity contribution in [3.8, 4) is 11.5 Å². The topological polar surface area (TPSA) is 44.5 Å². The van der Waals surface area contributed by atoms with Crippen LogP contribution in [0.3, 0.4) is 0 Å². The van der Waals surface area contributed by atoms with Gasteiger partial charge in [-0.15, -0.1) is 0 Å². The Morgan fingerprint density at radius 1 is 1.24 bits per heavy atom. The van der Waals surface area contributed by atoms with E-state index in [0.717, 1.165) is 24.3 Å². The third kappa shape index (κ3) is 3.63. The zero-order valence-electron chi connectivity index (χ0n) is 11.2. The van der Waals surface area contributed by atoms with Crippen LogP contribution in [0.5, 0.6) is 11.5 Å². The SMILES string of the molecule is CCOc1cc(CC(N)CC)c(C)cc1OC. The van der Waals surface area contributed by atoms with E-state index in [1.165, 1.54) is 11.1 Å². The van der Waals surface area contributed by atoms with E-state index in [2.05, 4.69) is 13.8 Å². The molecule has 1 rings (SSSR count). The lowest BCUT2D eigenvalue weighted by molar-refractivity contribution is 0.310. The molecule has 2 N–H and O–H groups in total. The molecule has 96 valence electrons. The number of aryl methyl sites for hydroxylation is 1. The maximum absolute atomic E-state index is 6.00. The first-order valence-corrected chi connectivity index (χ1v) is 6.18. The third-order valence-electron chi connectivity index (χ3n) is 2.93. The second-order valence-corrected chi connectivity index (χ2v) is 4.24. The van der Waals surface area contributed by atoms with Gasteiger partial charge in [0.25, 0.3) is 0 Å². The fourth-order valence-electron chi connectivity index (χ4n) is 1.78. The van der Waals surface area contributed by atoms with Crippen LogP contribution in [0.15, 0.2) is 12.1 Å². The van der Waals surface area contributed by atoms with Crippen molar-refractivity contribution in [2.45, 2.75) is 39.7 Å². The Kier molecular flexibility index (Phi) is 5.29. The maximum Gasteiger partial charge on any atom is 0.161 e. The molecule has 0 aliphatic heterocycles. The second kappa shape index (κ2) is 6.50. The van der Waals surface area contributed by atoms with Gasteiger partial charge in [-0.2, -0.15) is 0 Å². The molecule has 0 fully saturated rings. The highest BCUT2D eigenvalue weighted by atomic mass is 16.5.